The Labute approximate surface area is 109 Å². The van der Waals surface area contributed by atoms with E-state index < -0.39 is 0 Å². The van der Waals surface area contributed by atoms with Crippen LogP contribution in [-0.4, -0.2) is 29.2 Å². The minimum Gasteiger partial charge on any atom is -0.351 e. The van der Waals surface area contributed by atoms with Crippen molar-refractivity contribution >= 4 is 5.82 Å². The molecule has 0 unspecified atom stereocenters. The van der Waals surface area contributed by atoms with Gasteiger partial charge in [0.2, 0.25) is 0 Å². The second kappa shape index (κ2) is 7.87. The number of rotatable bonds is 8. The lowest BCUT2D eigenvalue weighted by Crippen LogP contribution is -2.37. The van der Waals surface area contributed by atoms with Crippen LogP contribution in [0.2, 0.25) is 0 Å². The average Bonchev–Trinajstić information content (AvgIpc) is 2.38. The largest absolute Gasteiger partial charge is 0.351 e. The summed E-state index contributed by atoms with van der Waals surface area (Å²) in [5.74, 6) is 0.532. The maximum atomic E-state index is 12.3. The molecule has 5 heteroatoms. The number of unbranched alkanes of at least 4 members (excludes halogenated alkanes) is 1. The lowest BCUT2D eigenvalue weighted by Gasteiger charge is -2.22. The Morgan fingerprint density at radius 3 is 2.72 bits per heavy atom. The molecule has 0 atom stereocenters. The van der Waals surface area contributed by atoms with Crippen LogP contribution in [0, 0.1) is 0 Å². The Balaban J connectivity index is 2.96. The number of aromatic nitrogens is 2. The third kappa shape index (κ3) is 3.84. The first kappa shape index (κ1) is 14.7. The highest BCUT2D eigenvalue weighted by molar-refractivity contribution is 5.35. The lowest BCUT2D eigenvalue weighted by molar-refractivity contribution is 0.634. The van der Waals surface area contributed by atoms with Crippen molar-refractivity contribution in [3.05, 3.63) is 22.7 Å². The van der Waals surface area contributed by atoms with E-state index in [9.17, 15) is 4.79 Å². The molecule has 1 aromatic heterocycles. The molecule has 0 aliphatic carbocycles. The number of nitrogens with two attached hydrogens (primary N) is 1. The van der Waals surface area contributed by atoms with Gasteiger partial charge in [-0.1, -0.05) is 20.3 Å². The van der Waals surface area contributed by atoms with Gasteiger partial charge in [0.15, 0.2) is 5.82 Å². The quantitative estimate of drug-likeness (QED) is 0.755. The molecule has 0 spiro atoms. The van der Waals surface area contributed by atoms with Gasteiger partial charge in [0.25, 0.3) is 5.56 Å². The van der Waals surface area contributed by atoms with E-state index >= 15 is 0 Å². The zero-order valence-corrected chi connectivity index (χ0v) is 11.4. The van der Waals surface area contributed by atoms with Gasteiger partial charge in [0, 0.05) is 38.6 Å². The molecule has 0 bridgehead atoms. The van der Waals surface area contributed by atoms with Gasteiger partial charge in [-0.25, -0.2) is 4.98 Å². The first-order valence-corrected chi connectivity index (χ1v) is 6.75. The maximum absolute atomic E-state index is 12.3. The summed E-state index contributed by atoms with van der Waals surface area (Å²) in [5.41, 5.74) is 5.60. The van der Waals surface area contributed by atoms with E-state index in [1.54, 1.807) is 17.0 Å². The van der Waals surface area contributed by atoms with Crippen LogP contribution in [-0.2, 0) is 6.54 Å². The number of aryl methyl sites for hydroxylation is 1. The van der Waals surface area contributed by atoms with Gasteiger partial charge in [-0.15, -0.1) is 0 Å². The molecule has 0 fully saturated rings. The summed E-state index contributed by atoms with van der Waals surface area (Å²) in [7, 11) is 0. The zero-order valence-electron chi connectivity index (χ0n) is 11.4. The predicted molar refractivity (Wildman–Crippen MR) is 75.0 cm³/mol. The molecule has 2 N–H and O–H groups in total. The second-order valence-electron chi connectivity index (χ2n) is 4.38. The fraction of sp³-hybridized carbons (Fsp3) is 0.692. The monoisotopic (exact) mass is 252 g/mol. The first-order chi connectivity index (χ1) is 8.74. The fourth-order valence-electron chi connectivity index (χ4n) is 1.90. The summed E-state index contributed by atoms with van der Waals surface area (Å²) in [5, 5.41) is 0. The van der Waals surface area contributed by atoms with Crippen LogP contribution in [0.1, 0.15) is 33.1 Å². The normalized spacial score (nSPS) is 10.6. The Bertz CT molecular complexity index is 402. The van der Waals surface area contributed by atoms with Gasteiger partial charge in [-0.2, -0.15) is 0 Å². The van der Waals surface area contributed by atoms with Crippen LogP contribution in [0.5, 0.6) is 0 Å². The molecular weight excluding hydrogens is 228 g/mol. The summed E-state index contributed by atoms with van der Waals surface area (Å²) >= 11 is 0. The summed E-state index contributed by atoms with van der Waals surface area (Å²) in [6, 6.07) is 0. The highest BCUT2D eigenvalue weighted by Gasteiger charge is 2.12. The molecule has 1 aromatic rings. The second-order valence-corrected chi connectivity index (χ2v) is 4.38. The van der Waals surface area contributed by atoms with Crippen molar-refractivity contribution in [3.8, 4) is 0 Å². The SMILES string of the molecule is CCCCN(CCN)c1nccn(CCC)c1=O. The molecule has 0 aromatic carbocycles. The van der Waals surface area contributed by atoms with Crippen LogP contribution in [0.4, 0.5) is 5.82 Å². The Kier molecular flexibility index (Phi) is 6.43. The van der Waals surface area contributed by atoms with Crippen LogP contribution in [0.25, 0.3) is 0 Å². The maximum Gasteiger partial charge on any atom is 0.293 e. The molecule has 18 heavy (non-hydrogen) atoms. The topological polar surface area (TPSA) is 64.2 Å². The van der Waals surface area contributed by atoms with Gasteiger partial charge in [-0.3, -0.25) is 4.79 Å². The zero-order chi connectivity index (χ0) is 13.4. The summed E-state index contributed by atoms with van der Waals surface area (Å²) in [6.45, 7) is 6.98. The van der Waals surface area contributed by atoms with Crippen molar-refractivity contribution in [3.63, 3.8) is 0 Å². The van der Waals surface area contributed by atoms with Crippen molar-refractivity contribution in [2.24, 2.45) is 5.73 Å². The minimum absolute atomic E-state index is 0.0103. The molecule has 0 saturated heterocycles. The minimum atomic E-state index is -0.0103. The smallest absolute Gasteiger partial charge is 0.293 e. The number of hydrogen-bond acceptors (Lipinski definition) is 4. The van der Waals surface area contributed by atoms with E-state index in [0.717, 1.165) is 32.4 Å². The average molecular weight is 252 g/mol. The Morgan fingerprint density at radius 1 is 1.33 bits per heavy atom. The molecule has 0 aliphatic heterocycles. The molecule has 1 rings (SSSR count). The molecule has 1 heterocycles. The standard InChI is InChI=1S/C13H24N4O/c1-3-5-9-16(10-6-14)12-13(18)17(8-4-2)11-7-15-12/h7,11H,3-6,8-10,14H2,1-2H3. The van der Waals surface area contributed by atoms with Crippen LogP contribution >= 0.6 is 0 Å². The van der Waals surface area contributed by atoms with E-state index in [4.69, 9.17) is 5.73 Å². The Morgan fingerprint density at radius 2 is 2.11 bits per heavy atom. The van der Waals surface area contributed by atoms with E-state index in [1.807, 2.05) is 4.90 Å². The number of anilines is 1. The fourth-order valence-corrected chi connectivity index (χ4v) is 1.90. The third-order valence-corrected chi connectivity index (χ3v) is 2.84. The highest BCUT2D eigenvalue weighted by atomic mass is 16.1. The van der Waals surface area contributed by atoms with E-state index in [1.165, 1.54) is 0 Å². The van der Waals surface area contributed by atoms with Crippen molar-refractivity contribution in [2.45, 2.75) is 39.7 Å². The molecule has 0 saturated carbocycles. The highest BCUT2D eigenvalue weighted by Crippen LogP contribution is 2.05. The lowest BCUT2D eigenvalue weighted by atomic mass is 10.3. The molecule has 102 valence electrons. The predicted octanol–water partition coefficient (Wildman–Crippen LogP) is 1.22. The van der Waals surface area contributed by atoms with Gasteiger partial charge < -0.3 is 15.2 Å². The van der Waals surface area contributed by atoms with Gasteiger partial charge in [0.05, 0.1) is 0 Å². The molecule has 0 aliphatic rings. The number of nitrogens with zero attached hydrogens (tertiary/aromatic N) is 3. The molecule has 5 nitrogen and oxygen atoms in total. The van der Waals surface area contributed by atoms with Crippen LogP contribution in [0.15, 0.2) is 17.2 Å². The third-order valence-electron chi connectivity index (χ3n) is 2.84. The van der Waals surface area contributed by atoms with Gasteiger partial charge >= 0.3 is 0 Å². The summed E-state index contributed by atoms with van der Waals surface area (Å²) in [4.78, 5) is 18.5. The van der Waals surface area contributed by atoms with E-state index in [0.29, 0.717) is 18.9 Å². The van der Waals surface area contributed by atoms with E-state index in [2.05, 4.69) is 18.8 Å². The van der Waals surface area contributed by atoms with E-state index in [-0.39, 0.29) is 5.56 Å². The van der Waals surface area contributed by atoms with Gasteiger partial charge in [0.1, 0.15) is 0 Å². The first-order valence-electron chi connectivity index (χ1n) is 6.75. The van der Waals surface area contributed by atoms with Gasteiger partial charge in [-0.05, 0) is 12.8 Å². The molecular formula is C13H24N4O. The van der Waals surface area contributed by atoms with Crippen molar-refractivity contribution < 1.29 is 0 Å². The summed E-state index contributed by atoms with van der Waals surface area (Å²) < 4.78 is 1.72. The van der Waals surface area contributed by atoms with Crippen molar-refractivity contribution in [1.82, 2.24) is 9.55 Å². The van der Waals surface area contributed by atoms with Crippen molar-refractivity contribution in [2.75, 3.05) is 24.5 Å². The van der Waals surface area contributed by atoms with Crippen molar-refractivity contribution in [1.29, 1.82) is 0 Å². The molecule has 0 amide bonds. The summed E-state index contributed by atoms with van der Waals surface area (Å²) in [6.07, 6.45) is 6.52. The Hall–Kier alpha value is -1.36. The molecule has 0 radical (unpaired) electrons. The van der Waals surface area contributed by atoms with Crippen LogP contribution < -0.4 is 16.2 Å². The van der Waals surface area contributed by atoms with Crippen LogP contribution in [0.3, 0.4) is 0 Å². The number of hydrogen-bond donors (Lipinski definition) is 1.